The number of nitrogens with two attached hydrogens (primary N) is 1. The Morgan fingerprint density at radius 3 is 2.75 bits per heavy atom. The number of nitrogens with zero attached hydrogens (tertiary/aromatic N) is 3. The molecule has 1 aliphatic heterocycles. The molecule has 86 valence electrons. The molecule has 0 saturated carbocycles. The van der Waals surface area contributed by atoms with Gasteiger partial charge in [0.25, 0.3) is 5.91 Å². The molecule has 16 heavy (non-hydrogen) atoms. The molecule has 6 nitrogen and oxygen atoms in total. The van der Waals surface area contributed by atoms with E-state index in [9.17, 15) is 4.79 Å². The van der Waals surface area contributed by atoms with Crippen molar-refractivity contribution >= 4 is 11.9 Å². The summed E-state index contributed by atoms with van der Waals surface area (Å²) < 4.78 is 0. The number of anilines is 1. The number of amides is 1. The highest BCUT2D eigenvalue weighted by Gasteiger charge is 2.15. The number of piperazine rings is 1. The molecule has 0 radical (unpaired) electrons. The van der Waals surface area contributed by atoms with E-state index in [0.717, 1.165) is 31.9 Å². The molecule has 2 heterocycles. The summed E-state index contributed by atoms with van der Waals surface area (Å²) in [7, 11) is 0. The van der Waals surface area contributed by atoms with Gasteiger partial charge in [-0.15, -0.1) is 0 Å². The van der Waals surface area contributed by atoms with Crippen LogP contribution in [0.1, 0.15) is 16.2 Å². The third-order valence-corrected chi connectivity index (χ3v) is 2.49. The van der Waals surface area contributed by atoms with Crippen LogP contribution in [0.2, 0.25) is 0 Å². The fraction of sp³-hybridized carbons (Fsp3) is 0.500. The number of carbonyl (C=O) groups excluding carboxylic acids is 1. The average molecular weight is 221 g/mol. The summed E-state index contributed by atoms with van der Waals surface area (Å²) in [5, 5.41) is 3.25. The quantitative estimate of drug-likeness (QED) is 0.689. The zero-order valence-corrected chi connectivity index (χ0v) is 9.23. The van der Waals surface area contributed by atoms with Crippen LogP contribution in [0.15, 0.2) is 6.07 Å². The van der Waals surface area contributed by atoms with Gasteiger partial charge in [0.05, 0.1) is 0 Å². The van der Waals surface area contributed by atoms with Crippen LogP contribution >= 0.6 is 0 Å². The highest BCUT2D eigenvalue weighted by atomic mass is 16.1. The Bertz CT molecular complexity index is 400. The van der Waals surface area contributed by atoms with E-state index in [1.54, 1.807) is 6.07 Å². The molecule has 0 aromatic carbocycles. The van der Waals surface area contributed by atoms with Crippen molar-refractivity contribution in [1.29, 1.82) is 0 Å². The third-order valence-electron chi connectivity index (χ3n) is 2.49. The van der Waals surface area contributed by atoms with Crippen LogP contribution in [-0.4, -0.2) is 42.1 Å². The summed E-state index contributed by atoms with van der Waals surface area (Å²) in [6, 6.07) is 1.61. The minimum Gasteiger partial charge on any atom is -0.364 e. The predicted octanol–water partition coefficient (Wildman–Crippen LogP) is -0.706. The maximum atomic E-state index is 11.1. The Morgan fingerprint density at radius 1 is 1.44 bits per heavy atom. The molecule has 0 unspecified atom stereocenters. The molecule has 1 aliphatic rings. The molecule has 6 heteroatoms. The van der Waals surface area contributed by atoms with E-state index in [4.69, 9.17) is 5.73 Å². The van der Waals surface area contributed by atoms with Crippen LogP contribution in [0.5, 0.6) is 0 Å². The molecule has 0 bridgehead atoms. The van der Waals surface area contributed by atoms with E-state index in [-0.39, 0.29) is 5.69 Å². The average Bonchev–Trinajstić information content (AvgIpc) is 2.29. The fourth-order valence-corrected chi connectivity index (χ4v) is 1.69. The van der Waals surface area contributed by atoms with E-state index < -0.39 is 5.91 Å². The van der Waals surface area contributed by atoms with Gasteiger partial charge in [0.1, 0.15) is 5.69 Å². The third kappa shape index (κ3) is 2.27. The number of aryl methyl sites for hydroxylation is 1. The second kappa shape index (κ2) is 4.44. The fourth-order valence-electron chi connectivity index (χ4n) is 1.69. The van der Waals surface area contributed by atoms with Gasteiger partial charge in [-0.25, -0.2) is 9.97 Å². The molecule has 0 spiro atoms. The van der Waals surface area contributed by atoms with E-state index >= 15 is 0 Å². The number of nitrogens with one attached hydrogen (secondary N) is 1. The first kappa shape index (κ1) is 10.8. The Hall–Kier alpha value is -1.69. The summed E-state index contributed by atoms with van der Waals surface area (Å²) in [4.78, 5) is 21.6. The summed E-state index contributed by atoms with van der Waals surface area (Å²) in [5.41, 5.74) is 6.26. The maximum absolute atomic E-state index is 11.1. The molecule has 0 atom stereocenters. The van der Waals surface area contributed by atoms with E-state index in [1.165, 1.54) is 0 Å². The molecule has 1 aromatic rings. The lowest BCUT2D eigenvalue weighted by Gasteiger charge is -2.27. The zero-order valence-electron chi connectivity index (χ0n) is 9.23. The number of hydrogen-bond donors (Lipinski definition) is 2. The number of aromatic nitrogens is 2. The normalized spacial score (nSPS) is 16.2. The van der Waals surface area contributed by atoms with Gasteiger partial charge in [-0.05, 0) is 13.0 Å². The van der Waals surface area contributed by atoms with Gasteiger partial charge >= 0.3 is 0 Å². The highest BCUT2D eigenvalue weighted by molar-refractivity contribution is 5.91. The number of rotatable bonds is 2. The Kier molecular flexibility index (Phi) is 3.00. The van der Waals surface area contributed by atoms with Crippen LogP contribution < -0.4 is 16.0 Å². The molecule has 3 N–H and O–H groups in total. The largest absolute Gasteiger partial charge is 0.364 e. The zero-order chi connectivity index (χ0) is 11.5. The van der Waals surface area contributed by atoms with E-state index in [0.29, 0.717) is 5.95 Å². The van der Waals surface area contributed by atoms with Crippen molar-refractivity contribution in [3.05, 3.63) is 17.5 Å². The first-order valence-electron chi connectivity index (χ1n) is 5.28. The smallest absolute Gasteiger partial charge is 0.267 e. The minimum absolute atomic E-state index is 0.279. The van der Waals surface area contributed by atoms with Gasteiger partial charge in [-0.3, -0.25) is 4.79 Å². The molecule has 2 rings (SSSR count). The molecular weight excluding hydrogens is 206 g/mol. The van der Waals surface area contributed by atoms with Crippen molar-refractivity contribution < 1.29 is 4.79 Å². The van der Waals surface area contributed by atoms with Crippen molar-refractivity contribution in [3.8, 4) is 0 Å². The first-order chi connectivity index (χ1) is 7.66. The SMILES string of the molecule is Cc1cc(C(N)=O)nc(N2CCNCC2)n1. The molecular formula is C10H15N5O. The standard InChI is InChI=1S/C10H15N5O/c1-7-6-8(9(11)16)14-10(13-7)15-4-2-12-3-5-15/h6,12H,2-5H2,1H3,(H2,11,16). The van der Waals surface area contributed by atoms with Gasteiger partial charge in [0, 0.05) is 31.9 Å². The number of primary amides is 1. The van der Waals surface area contributed by atoms with Crippen LogP contribution in [-0.2, 0) is 0 Å². The van der Waals surface area contributed by atoms with Crippen LogP contribution in [0, 0.1) is 6.92 Å². The van der Waals surface area contributed by atoms with Gasteiger partial charge in [-0.2, -0.15) is 0 Å². The Labute approximate surface area is 93.9 Å². The molecule has 1 saturated heterocycles. The Morgan fingerprint density at radius 2 is 2.12 bits per heavy atom. The molecule has 0 aliphatic carbocycles. The second-order valence-corrected chi connectivity index (χ2v) is 3.80. The first-order valence-corrected chi connectivity index (χ1v) is 5.28. The lowest BCUT2D eigenvalue weighted by molar-refractivity contribution is 0.0995. The van der Waals surface area contributed by atoms with Gasteiger partial charge in [0.15, 0.2) is 0 Å². The summed E-state index contributed by atoms with van der Waals surface area (Å²) in [5.74, 6) is 0.0807. The lowest BCUT2D eigenvalue weighted by Crippen LogP contribution is -2.44. The number of carbonyl (C=O) groups is 1. The van der Waals surface area contributed by atoms with Crippen LogP contribution in [0.25, 0.3) is 0 Å². The van der Waals surface area contributed by atoms with Crippen molar-refractivity contribution in [2.24, 2.45) is 5.73 Å². The van der Waals surface area contributed by atoms with Gasteiger partial charge < -0.3 is 16.0 Å². The second-order valence-electron chi connectivity index (χ2n) is 3.80. The minimum atomic E-state index is -0.512. The van der Waals surface area contributed by atoms with Crippen molar-refractivity contribution in [2.75, 3.05) is 31.1 Å². The monoisotopic (exact) mass is 221 g/mol. The lowest BCUT2D eigenvalue weighted by atomic mass is 10.3. The predicted molar refractivity (Wildman–Crippen MR) is 60.4 cm³/mol. The number of hydrogen-bond acceptors (Lipinski definition) is 5. The molecule has 1 aromatic heterocycles. The van der Waals surface area contributed by atoms with E-state index in [2.05, 4.69) is 20.2 Å². The van der Waals surface area contributed by atoms with Crippen LogP contribution in [0.3, 0.4) is 0 Å². The van der Waals surface area contributed by atoms with Gasteiger partial charge in [-0.1, -0.05) is 0 Å². The summed E-state index contributed by atoms with van der Waals surface area (Å²) >= 11 is 0. The highest BCUT2D eigenvalue weighted by Crippen LogP contribution is 2.10. The summed E-state index contributed by atoms with van der Waals surface area (Å²) in [6.45, 7) is 5.34. The molecule has 1 amide bonds. The van der Waals surface area contributed by atoms with Crippen LogP contribution in [0.4, 0.5) is 5.95 Å². The van der Waals surface area contributed by atoms with Crippen molar-refractivity contribution in [1.82, 2.24) is 15.3 Å². The van der Waals surface area contributed by atoms with Gasteiger partial charge in [0.2, 0.25) is 5.95 Å². The summed E-state index contributed by atoms with van der Waals surface area (Å²) in [6.07, 6.45) is 0. The topological polar surface area (TPSA) is 84.1 Å². The van der Waals surface area contributed by atoms with E-state index in [1.807, 2.05) is 6.92 Å². The van der Waals surface area contributed by atoms with Crippen molar-refractivity contribution in [2.45, 2.75) is 6.92 Å². The van der Waals surface area contributed by atoms with Crippen molar-refractivity contribution in [3.63, 3.8) is 0 Å². The Balaban J connectivity index is 2.28. The molecule has 1 fully saturated rings. The maximum Gasteiger partial charge on any atom is 0.267 e.